The third kappa shape index (κ3) is 7.28. The van der Waals surface area contributed by atoms with Crippen LogP contribution in [-0.4, -0.2) is 61.5 Å². The molecule has 3 N–H and O–H groups in total. The Morgan fingerprint density at radius 1 is 1.27 bits per heavy atom. The lowest BCUT2D eigenvalue weighted by atomic mass is 10.1. The lowest BCUT2D eigenvalue weighted by molar-refractivity contribution is -0.131. The van der Waals surface area contributed by atoms with Gasteiger partial charge in [0.05, 0.1) is 18.1 Å². The smallest absolute Gasteiger partial charge is 0.256 e. The van der Waals surface area contributed by atoms with Crippen molar-refractivity contribution in [2.45, 2.75) is 33.3 Å². The average Bonchev–Trinajstić information content (AvgIpc) is 3.24. The van der Waals surface area contributed by atoms with Gasteiger partial charge in [-0.15, -0.1) is 0 Å². The first-order valence-electron chi connectivity index (χ1n) is 10.6. The van der Waals surface area contributed by atoms with Crippen molar-refractivity contribution in [3.05, 3.63) is 52.6 Å². The van der Waals surface area contributed by atoms with Crippen LogP contribution >= 0.6 is 0 Å². The number of hydrogen-bond donors (Lipinski definition) is 3. The van der Waals surface area contributed by atoms with Gasteiger partial charge in [0.25, 0.3) is 5.91 Å². The van der Waals surface area contributed by atoms with Crippen LogP contribution in [0, 0.1) is 19.7 Å². The van der Waals surface area contributed by atoms with E-state index in [4.69, 9.17) is 4.74 Å². The Morgan fingerprint density at radius 3 is 2.58 bits per heavy atom. The molecule has 9 heteroatoms. The third-order valence-corrected chi connectivity index (χ3v) is 4.98. The molecule has 3 amide bonds. The molecule has 1 aromatic heterocycles. The number of halogens is 1. The number of carbonyl (C=O) groups excluding carboxylic acids is 3. The maximum absolute atomic E-state index is 13.3. The molecule has 1 atom stereocenters. The number of aromatic nitrogens is 1. The predicted octanol–water partition coefficient (Wildman–Crippen LogP) is 2.88. The van der Waals surface area contributed by atoms with Crippen LogP contribution < -0.4 is 10.6 Å². The molecule has 2 aromatic rings. The van der Waals surface area contributed by atoms with Gasteiger partial charge >= 0.3 is 0 Å². The zero-order chi connectivity index (χ0) is 24.5. The van der Waals surface area contributed by atoms with Crippen LogP contribution in [-0.2, 0) is 19.1 Å². The van der Waals surface area contributed by atoms with Gasteiger partial charge < -0.3 is 25.3 Å². The zero-order valence-electron chi connectivity index (χ0n) is 19.6. The molecular formula is C24H31FN4O4. The minimum absolute atomic E-state index is 0.00357. The van der Waals surface area contributed by atoms with Crippen LogP contribution in [0.3, 0.4) is 0 Å². The molecule has 0 saturated heterocycles. The Hall–Kier alpha value is -3.46. The number of aromatic amines is 1. The van der Waals surface area contributed by atoms with Crippen molar-refractivity contribution in [1.82, 2.24) is 15.2 Å². The van der Waals surface area contributed by atoms with Crippen LogP contribution in [0.5, 0.6) is 0 Å². The number of carbonyl (C=O) groups is 3. The van der Waals surface area contributed by atoms with Gasteiger partial charge in [-0.05, 0) is 56.7 Å². The van der Waals surface area contributed by atoms with E-state index in [1.165, 1.54) is 17.0 Å². The van der Waals surface area contributed by atoms with Crippen LogP contribution in [0.25, 0.3) is 11.6 Å². The zero-order valence-corrected chi connectivity index (χ0v) is 19.6. The third-order valence-electron chi connectivity index (χ3n) is 4.98. The molecule has 1 aliphatic heterocycles. The van der Waals surface area contributed by atoms with Gasteiger partial charge in [-0.25, -0.2) is 4.39 Å². The minimum atomic E-state index is -0.347. The van der Waals surface area contributed by atoms with Crippen molar-refractivity contribution in [3.8, 4) is 0 Å². The lowest BCUT2D eigenvalue weighted by Crippen LogP contribution is -2.34. The molecule has 1 aromatic carbocycles. The van der Waals surface area contributed by atoms with Gasteiger partial charge in [0.2, 0.25) is 12.3 Å². The first kappa shape index (κ1) is 25.8. The van der Waals surface area contributed by atoms with Crippen LogP contribution in [0.15, 0.2) is 24.3 Å². The van der Waals surface area contributed by atoms with Crippen LogP contribution in [0.4, 0.5) is 10.1 Å². The molecule has 33 heavy (non-hydrogen) atoms. The first-order valence-corrected chi connectivity index (χ1v) is 10.6. The second-order valence-electron chi connectivity index (χ2n) is 7.85. The highest BCUT2D eigenvalue weighted by Gasteiger charge is 2.24. The average molecular weight is 459 g/mol. The van der Waals surface area contributed by atoms with E-state index in [2.05, 4.69) is 15.6 Å². The summed E-state index contributed by atoms with van der Waals surface area (Å²) >= 11 is 0. The standard InChI is InChI=1S/C15H13FN2O.C9H18N2O3/c1-8-5-9(2)17-14(8)7-12-11-6-10(16)3-4-13(11)18-15(12)19;1-4-14-8(6-10-7-12)5-9(13)11(2)3/h3-7,17H,1-2H3,(H,18,19);7-8H,4-6H2,1-3H3,(H,10,12)/b12-7-;. The van der Waals surface area contributed by atoms with Crippen LogP contribution in [0.2, 0.25) is 0 Å². The summed E-state index contributed by atoms with van der Waals surface area (Å²) in [6, 6.07) is 6.30. The van der Waals surface area contributed by atoms with Gasteiger partial charge in [0, 0.05) is 49.9 Å². The number of anilines is 1. The fraction of sp³-hybridized carbons (Fsp3) is 0.375. The molecular weight excluding hydrogens is 427 g/mol. The SMILES string of the molecule is CCOC(CNC=O)CC(=O)N(C)C.Cc1cc(C)c(/C=C2\C(=O)Nc3ccc(F)cc32)[nH]1. The molecule has 0 aliphatic carbocycles. The fourth-order valence-corrected chi connectivity index (χ4v) is 3.33. The van der Waals surface area contributed by atoms with Gasteiger partial charge in [0.1, 0.15) is 5.82 Å². The van der Waals surface area contributed by atoms with Crippen LogP contribution in [0.1, 0.15) is 35.9 Å². The molecule has 0 radical (unpaired) electrons. The molecule has 178 valence electrons. The number of ether oxygens (including phenoxy) is 1. The van der Waals surface area contributed by atoms with E-state index in [9.17, 15) is 18.8 Å². The van der Waals surface area contributed by atoms with E-state index in [0.29, 0.717) is 42.8 Å². The number of benzene rings is 1. The second kappa shape index (κ2) is 12.0. The highest BCUT2D eigenvalue weighted by molar-refractivity contribution is 6.34. The van der Waals surface area contributed by atoms with Gasteiger partial charge in [0.15, 0.2) is 0 Å². The summed E-state index contributed by atoms with van der Waals surface area (Å²) in [7, 11) is 3.39. The monoisotopic (exact) mass is 458 g/mol. The summed E-state index contributed by atoms with van der Waals surface area (Å²) in [4.78, 5) is 38.0. The molecule has 1 aliphatic rings. The molecule has 0 spiro atoms. The summed E-state index contributed by atoms with van der Waals surface area (Å²) in [6.07, 6.45) is 2.43. The largest absolute Gasteiger partial charge is 0.376 e. The van der Waals surface area contributed by atoms with Gasteiger partial charge in [-0.1, -0.05) is 0 Å². The summed E-state index contributed by atoms with van der Waals surface area (Å²) in [5.41, 5.74) is 4.71. The summed E-state index contributed by atoms with van der Waals surface area (Å²) in [5.74, 6) is -0.552. The summed E-state index contributed by atoms with van der Waals surface area (Å²) in [6.45, 7) is 6.68. The Bertz CT molecular complexity index is 1030. The van der Waals surface area contributed by atoms with Gasteiger partial charge in [-0.3, -0.25) is 14.4 Å². The van der Waals surface area contributed by atoms with E-state index < -0.39 is 0 Å². The molecule has 0 fully saturated rings. The van der Waals surface area contributed by atoms with Crippen molar-refractivity contribution in [1.29, 1.82) is 0 Å². The quantitative estimate of drug-likeness (QED) is 0.418. The number of hydrogen-bond acceptors (Lipinski definition) is 4. The Morgan fingerprint density at radius 2 is 2.00 bits per heavy atom. The molecule has 1 unspecified atom stereocenters. The summed E-state index contributed by atoms with van der Waals surface area (Å²) in [5, 5.41) is 5.23. The fourth-order valence-electron chi connectivity index (χ4n) is 3.33. The van der Waals surface area contributed by atoms with Crippen molar-refractivity contribution >= 4 is 35.6 Å². The predicted molar refractivity (Wildman–Crippen MR) is 126 cm³/mol. The van der Waals surface area contributed by atoms with E-state index in [1.807, 2.05) is 26.8 Å². The molecule has 2 heterocycles. The van der Waals surface area contributed by atoms with Crippen molar-refractivity contribution in [3.63, 3.8) is 0 Å². The summed E-state index contributed by atoms with van der Waals surface area (Å²) < 4.78 is 18.6. The van der Waals surface area contributed by atoms with E-state index >= 15 is 0 Å². The number of aryl methyl sites for hydroxylation is 2. The van der Waals surface area contributed by atoms with Crippen molar-refractivity contribution in [2.75, 3.05) is 32.6 Å². The number of amides is 3. The molecule has 0 bridgehead atoms. The molecule has 8 nitrogen and oxygen atoms in total. The van der Waals surface area contributed by atoms with E-state index in [-0.39, 0.29) is 23.7 Å². The Labute approximate surface area is 193 Å². The van der Waals surface area contributed by atoms with Gasteiger partial charge in [-0.2, -0.15) is 0 Å². The van der Waals surface area contributed by atoms with Crippen molar-refractivity contribution in [2.24, 2.45) is 0 Å². The maximum Gasteiger partial charge on any atom is 0.256 e. The Kier molecular flexibility index (Phi) is 9.35. The second-order valence-corrected chi connectivity index (χ2v) is 7.85. The number of fused-ring (bicyclic) bond motifs is 1. The number of rotatable bonds is 8. The van der Waals surface area contributed by atoms with Crippen molar-refractivity contribution < 1.29 is 23.5 Å². The first-order chi connectivity index (χ1) is 15.7. The Balaban J connectivity index is 0.000000248. The number of H-pyrrole nitrogens is 1. The molecule has 0 saturated carbocycles. The topological polar surface area (TPSA) is 104 Å². The molecule has 3 rings (SSSR count). The van der Waals surface area contributed by atoms with E-state index in [1.54, 1.807) is 26.2 Å². The maximum atomic E-state index is 13.3. The van der Waals surface area contributed by atoms with E-state index in [0.717, 1.165) is 17.0 Å². The lowest BCUT2D eigenvalue weighted by Gasteiger charge is -2.18. The normalized spacial score (nSPS) is 14.1. The minimum Gasteiger partial charge on any atom is -0.376 e. The highest BCUT2D eigenvalue weighted by atomic mass is 19.1. The highest BCUT2D eigenvalue weighted by Crippen LogP contribution is 2.33. The number of nitrogens with one attached hydrogen (secondary N) is 3. The number of nitrogens with zero attached hydrogens (tertiary/aromatic N) is 1.